The second-order valence-electron chi connectivity index (χ2n) is 16.0. The Morgan fingerprint density at radius 1 is 0.526 bits per heavy atom. The van der Waals surface area contributed by atoms with Crippen LogP contribution in [0, 0.1) is 0 Å². The van der Waals surface area contributed by atoms with Crippen molar-refractivity contribution in [3.8, 4) is 0 Å². The van der Waals surface area contributed by atoms with Crippen molar-refractivity contribution < 1.29 is 66.6 Å². The fourth-order valence-electron chi connectivity index (χ4n) is 7.87. The number of nitrogens with zero attached hydrogens (tertiary/aromatic N) is 2. The quantitative estimate of drug-likeness (QED) is 0.181. The lowest BCUT2D eigenvalue weighted by Crippen LogP contribution is -2.43. The van der Waals surface area contributed by atoms with E-state index in [1.165, 1.54) is 9.80 Å². The first kappa shape index (κ1) is 41.4. The highest BCUT2D eigenvalue weighted by Crippen LogP contribution is 2.34. The van der Waals surface area contributed by atoms with Gasteiger partial charge in [0, 0.05) is 0 Å². The van der Waals surface area contributed by atoms with E-state index in [2.05, 4.69) is 0 Å². The van der Waals surface area contributed by atoms with E-state index >= 15 is 0 Å². The molecule has 4 amide bonds. The molecular formula is C40H51N3O14. The van der Waals surface area contributed by atoms with Gasteiger partial charge < -0.3 is 47.5 Å². The van der Waals surface area contributed by atoms with Gasteiger partial charge in [-0.25, -0.2) is 5.90 Å². The summed E-state index contributed by atoms with van der Waals surface area (Å²) in [6.45, 7) is 10.9. The van der Waals surface area contributed by atoms with Gasteiger partial charge in [-0.3, -0.25) is 29.0 Å². The van der Waals surface area contributed by atoms with Crippen LogP contribution >= 0.6 is 0 Å². The minimum absolute atomic E-state index is 0.0199. The van der Waals surface area contributed by atoms with Crippen LogP contribution in [0.5, 0.6) is 0 Å². The Bertz CT molecular complexity index is 1650. The van der Waals surface area contributed by atoms with Crippen LogP contribution in [0.3, 0.4) is 0 Å². The summed E-state index contributed by atoms with van der Waals surface area (Å²) in [5.41, 5.74) is 1.40. The normalized spacial score (nSPS) is 29.1. The molecule has 2 aromatic rings. The molecule has 7 rings (SSSR count). The molecule has 0 aliphatic carbocycles. The molecule has 17 heteroatoms. The Balaban J connectivity index is 0.983. The van der Waals surface area contributed by atoms with Crippen LogP contribution in [-0.2, 0) is 47.5 Å². The molecule has 57 heavy (non-hydrogen) atoms. The zero-order chi connectivity index (χ0) is 40.7. The molecule has 5 heterocycles. The van der Waals surface area contributed by atoms with E-state index in [1.54, 1.807) is 90.1 Å². The highest BCUT2D eigenvalue weighted by Gasteiger charge is 2.48. The molecule has 5 aliphatic rings. The van der Waals surface area contributed by atoms with Gasteiger partial charge in [0.1, 0.15) is 42.7 Å². The number of amides is 4. The Hall–Kier alpha value is -3.72. The third-order valence-electron chi connectivity index (χ3n) is 10.3. The lowest BCUT2D eigenvalue weighted by Gasteiger charge is -2.25. The molecule has 0 bridgehead atoms. The largest absolute Gasteiger partial charge is 0.376 e. The van der Waals surface area contributed by atoms with Crippen molar-refractivity contribution in [1.29, 1.82) is 0 Å². The van der Waals surface area contributed by atoms with E-state index in [1.807, 2.05) is 0 Å². The van der Waals surface area contributed by atoms with E-state index in [-0.39, 0.29) is 76.4 Å². The molecule has 0 aromatic heterocycles. The predicted molar refractivity (Wildman–Crippen MR) is 197 cm³/mol. The summed E-state index contributed by atoms with van der Waals surface area (Å²) in [4.78, 5) is 59.7. The first-order valence-electron chi connectivity index (χ1n) is 19.1. The van der Waals surface area contributed by atoms with E-state index in [0.29, 0.717) is 22.3 Å². The fraction of sp³-hybridized carbons (Fsp3) is 0.600. The third kappa shape index (κ3) is 9.14. The van der Waals surface area contributed by atoms with Crippen molar-refractivity contribution in [2.75, 3.05) is 52.7 Å². The molecule has 2 aromatic carbocycles. The summed E-state index contributed by atoms with van der Waals surface area (Å²) in [5.74, 6) is 0.927. The Labute approximate surface area is 330 Å². The number of fused-ring (bicyclic) bond motifs is 2. The third-order valence-corrected chi connectivity index (χ3v) is 10.3. The van der Waals surface area contributed by atoms with Gasteiger partial charge in [0.05, 0.1) is 75.0 Å². The molecule has 310 valence electrons. The number of imide groups is 2. The average Bonchev–Trinajstić information content (AvgIpc) is 3.87. The second-order valence-corrected chi connectivity index (χ2v) is 16.0. The van der Waals surface area contributed by atoms with Crippen LogP contribution in [0.1, 0.15) is 83.0 Å². The van der Waals surface area contributed by atoms with Gasteiger partial charge in [-0.2, -0.15) is 0 Å². The second kappa shape index (κ2) is 16.5. The van der Waals surface area contributed by atoms with E-state index in [4.69, 9.17) is 53.4 Å². The molecule has 5 aliphatic heterocycles. The highest BCUT2D eigenvalue weighted by atomic mass is 16.8. The van der Waals surface area contributed by atoms with Crippen LogP contribution in [0.25, 0.3) is 0 Å². The monoisotopic (exact) mass is 797 g/mol. The number of hydrogen-bond donors (Lipinski definition) is 1. The number of ether oxygens (including phenoxy) is 9. The van der Waals surface area contributed by atoms with Gasteiger partial charge in [-0.15, -0.1) is 0 Å². The molecule has 6 atom stereocenters. The summed E-state index contributed by atoms with van der Waals surface area (Å²) >= 11 is 0. The smallest absolute Gasteiger partial charge is 0.261 e. The van der Waals surface area contributed by atoms with Crippen molar-refractivity contribution in [2.45, 2.75) is 102 Å². The average molecular weight is 798 g/mol. The minimum atomic E-state index is -0.996. The maximum Gasteiger partial charge on any atom is 0.261 e. The molecule has 17 nitrogen and oxygen atoms in total. The van der Waals surface area contributed by atoms with E-state index < -0.39 is 60.1 Å². The van der Waals surface area contributed by atoms with Crippen LogP contribution in [0.4, 0.5) is 0 Å². The van der Waals surface area contributed by atoms with Gasteiger partial charge in [0.25, 0.3) is 23.6 Å². The number of nitrogens with two attached hydrogens (primary N) is 1. The van der Waals surface area contributed by atoms with Crippen molar-refractivity contribution in [3.63, 3.8) is 0 Å². The Morgan fingerprint density at radius 2 is 0.842 bits per heavy atom. The summed E-state index contributed by atoms with van der Waals surface area (Å²) in [6, 6.07) is 13.4. The van der Waals surface area contributed by atoms with Crippen LogP contribution in [-0.4, -0.2) is 146 Å². The molecular weight excluding hydrogens is 746 g/mol. The molecule has 3 saturated heterocycles. The number of hydrogen-bond acceptors (Lipinski definition) is 15. The predicted octanol–water partition coefficient (Wildman–Crippen LogP) is 2.45. The van der Waals surface area contributed by atoms with Gasteiger partial charge in [0.15, 0.2) is 17.4 Å². The topological polar surface area (TPSA) is 193 Å². The molecule has 2 N–H and O–H groups in total. The number of carbonyl (C=O) groups is 4. The summed E-state index contributed by atoms with van der Waals surface area (Å²) in [7, 11) is 0. The first-order chi connectivity index (χ1) is 27.0. The lowest BCUT2D eigenvalue weighted by atomic mass is 10.1. The van der Waals surface area contributed by atoms with Crippen LogP contribution in [0.15, 0.2) is 48.5 Å². The minimum Gasteiger partial charge on any atom is -0.376 e. The SMILES string of the molecule is CC1(C)OC(CON)C(COC(COCC2OC(C)(C)OC2CN2C(=O)c3ccccc3C2=O)COCC2OC(C)(C)OC2CN2C(=O)c3ccccc3C2=O)O1. The first-order valence-corrected chi connectivity index (χ1v) is 19.1. The van der Waals surface area contributed by atoms with Crippen LogP contribution < -0.4 is 5.90 Å². The van der Waals surface area contributed by atoms with Gasteiger partial charge >= 0.3 is 0 Å². The Morgan fingerprint density at radius 3 is 1.19 bits per heavy atom. The number of carbonyl (C=O) groups excluding carboxylic acids is 4. The lowest BCUT2D eigenvalue weighted by molar-refractivity contribution is -0.163. The molecule has 0 saturated carbocycles. The summed E-state index contributed by atoms with van der Waals surface area (Å²) < 4.78 is 55.3. The molecule has 6 unspecified atom stereocenters. The fourth-order valence-corrected chi connectivity index (χ4v) is 7.87. The van der Waals surface area contributed by atoms with Crippen molar-refractivity contribution in [3.05, 3.63) is 70.8 Å². The zero-order valence-corrected chi connectivity index (χ0v) is 33.0. The maximum atomic E-state index is 13.1. The van der Waals surface area contributed by atoms with Crippen molar-refractivity contribution in [2.24, 2.45) is 5.90 Å². The highest BCUT2D eigenvalue weighted by molar-refractivity contribution is 6.22. The van der Waals surface area contributed by atoms with E-state index in [9.17, 15) is 19.2 Å². The van der Waals surface area contributed by atoms with Crippen molar-refractivity contribution in [1.82, 2.24) is 9.80 Å². The standard InChI is InChI=1S/C40H51N3O14/c1-38(2)52-28(15-42-34(44)24-11-7-8-12-25(24)35(42)45)30(54-38)19-48-17-23(50-21-32-33(22-51-41)57-40(5,6)56-32)18-49-20-31-29(53-39(3,4)55-31)16-43-36(46)26-13-9-10-14-27(26)37(43)47/h7-14,23,28-33H,15-22,41H2,1-6H3. The molecule has 3 fully saturated rings. The molecule has 0 radical (unpaired) electrons. The zero-order valence-electron chi connectivity index (χ0n) is 33.0. The van der Waals surface area contributed by atoms with E-state index in [0.717, 1.165) is 0 Å². The number of benzene rings is 2. The number of rotatable bonds is 17. The van der Waals surface area contributed by atoms with Gasteiger partial charge in [-0.05, 0) is 65.8 Å². The maximum absolute atomic E-state index is 13.1. The van der Waals surface area contributed by atoms with Gasteiger partial charge in [0.2, 0.25) is 0 Å². The Kier molecular flexibility index (Phi) is 12.0. The summed E-state index contributed by atoms with van der Waals surface area (Å²) in [6.07, 6.45) is -4.23. The van der Waals surface area contributed by atoms with Crippen LogP contribution in [0.2, 0.25) is 0 Å². The summed E-state index contributed by atoms with van der Waals surface area (Å²) in [5, 5.41) is 0. The van der Waals surface area contributed by atoms with Crippen molar-refractivity contribution >= 4 is 23.6 Å². The van der Waals surface area contributed by atoms with Gasteiger partial charge in [-0.1, -0.05) is 24.3 Å². The molecule has 0 spiro atoms.